The lowest BCUT2D eigenvalue weighted by atomic mass is 10.0. The van der Waals surface area contributed by atoms with Gasteiger partial charge in [0.15, 0.2) is 6.10 Å². The summed E-state index contributed by atoms with van der Waals surface area (Å²) in [6.07, 6.45) is 85.5. The molecule has 446 valence electrons. The first-order valence-electron chi connectivity index (χ1n) is 33.4. The van der Waals surface area contributed by atoms with Gasteiger partial charge in [-0.05, 0) is 70.6 Å². The van der Waals surface area contributed by atoms with Gasteiger partial charge in [0.25, 0.3) is 0 Å². The Hall–Kier alpha value is -3.15. The average Bonchev–Trinajstić information content (AvgIpc) is 3.43. The fourth-order valence-electron chi connectivity index (χ4n) is 9.73. The Morgan fingerprint density at radius 2 is 0.558 bits per heavy atom. The van der Waals surface area contributed by atoms with Gasteiger partial charge >= 0.3 is 17.9 Å². The number of hydrogen-bond acceptors (Lipinski definition) is 6. The van der Waals surface area contributed by atoms with Gasteiger partial charge in [0.2, 0.25) is 0 Å². The van der Waals surface area contributed by atoms with Crippen LogP contribution >= 0.6 is 0 Å². The van der Waals surface area contributed by atoms with Crippen LogP contribution in [-0.4, -0.2) is 37.2 Å². The Morgan fingerprint density at radius 1 is 0.273 bits per heavy atom. The number of allylic oxidation sites excluding steroid dienone is 12. The van der Waals surface area contributed by atoms with Crippen LogP contribution in [0.3, 0.4) is 0 Å². The van der Waals surface area contributed by atoms with E-state index in [1.165, 1.54) is 199 Å². The van der Waals surface area contributed by atoms with E-state index in [4.69, 9.17) is 14.2 Å². The predicted molar refractivity (Wildman–Crippen MR) is 335 cm³/mol. The first-order chi connectivity index (χ1) is 38.0. The highest BCUT2D eigenvalue weighted by atomic mass is 16.6. The highest BCUT2D eigenvalue weighted by Crippen LogP contribution is 2.18. The van der Waals surface area contributed by atoms with Crippen molar-refractivity contribution in [2.24, 2.45) is 0 Å². The molecule has 0 aliphatic carbocycles. The Kier molecular flexibility index (Phi) is 62.7. The number of rotatable bonds is 61. The van der Waals surface area contributed by atoms with Crippen molar-refractivity contribution in [2.75, 3.05) is 13.2 Å². The highest BCUT2D eigenvalue weighted by molar-refractivity contribution is 5.71. The van der Waals surface area contributed by atoms with E-state index in [9.17, 15) is 14.4 Å². The minimum Gasteiger partial charge on any atom is -0.462 e. The number of ether oxygens (including phenoxy) is 3. The minimum atomic E-state index is -0.818. The summed E-state index contributed by atoms with van der Waals surface area (Å²) in [6.45, 7) is 6.42. The molecular formula is C71H126O6. The average molecular weight is 1080 g/mol. The van der Waals surface area contributed by atoms with E-state index >= 15 is 0 Å². The van der Waals surface area contributed by atoms with E-state index in [-0.39, 0.29) is 31.6 Å². The van der Waals surface area contributed by atoms with Crippen LogP contribution in [0.5, 0.6) is 0 Å². The SMILES string of the molecule is CC/C=C\C/C=C\C/C=C\C/C=C\CCC(=O)OC(COC(=O)CCCCCCC/C=C\C/C=C\CCC)COC(=O)CCCCCCCCCCCCCCCCCCCCCCCCCCCCCCCCCCC. The van der Waals surface area contributed by atoms with Gasteiger partial charge < -0.3 is 14.2 Å². The molecule has 0 aromatic heterocycles. The number of carbonyl (C=O) groups is 3. The van der Waals surface area contributed by atoms with E-state index in [2.05, 4.69) is 87.6 Å². The molecule has 0 aliphatic rings. The maximum Gasteiger partial charge on any atom is 0.306 e. The molecule has 1 unspecified atom stereocenters. The lowest BCUT2D eigenvalue weighted by Crippen LogP contribution is -2.30. The molecule has 0 spiro atoms. The molecule has 0 amide bonds. The maximum atomic E-state index is 12.8. The van der Waals surface area contributed by atoms with Crippen molar-refractivity contribution < 1.29 is 28.6 Å². The van der Waals surface area contributed by atoms with Crippen LogP contribution < -0.4 is 0 Å². The number of carbonyl (C=O) groups excluding carboxylic acids is 3. The molecule has 77 heavy (non-hydrogen) atoms. The monoisotopic (exact) mass is 1070 g/mol. The zero-order valence-corrected chi connectivity index (χ0v) is 51.2. The second kappa shape index (κ2) is 65.4. The minimum absolute atomic E-state index is 0.106. The van der Waals surface area contributed by atoms with E-state index in [0.717, 1.165) is 96.3 Å². The number of esters is 3. The molecule has 0 fully saturated rings. The van der Waals surface area contributed by atoms with Crippen molar-refractivity contribution in [1.29, 1.82) is 0 Å². The lowest BCUT2D eigenvalue weighted by molar-refractivity contribution is -0.166. The van der Waals surface area contributed by atoms with Crippen LogP contribution in [0.2, 0.25) is 0 Å². The standard InChI is InChI=1S/C71H126O6/c1-4-7-10-13-16-19-22-25-26-27-28-29-30-31-32-33-34-35-36-37-38-39-40-41-42-43-44-47-49-52-55-58-61-64-70(73)76-67-68(77-71(74)65-62-59-56-53-50-46-24-21-18-15-12-9-6-3)66-75-69(72)63-60-57-54-51-48-45-23-20-17-14-11-8-5-2/h9,11-12,14,18,20-21,23,46,50,56,59,68H,4-8,10,13,15-17,19,22,24-45,47-49,51-55,57-58,60-67H2,1-3H3/b12-9-,14-11-,21-18-,23-20-,50-46-,59-56-. The van der Waals surface area contributed by atoms with E-state index in [0.29, 0.717) is 19.3 Å². The van der Waals surface area contributed by atoms with Gasteiger partial charge in [0, 0.05) is 19.3 Å². The third kappa shape index (κ3) is 63.6. The summed E-state index contributed by atoms with van der Waals surface area (Å²) in [5.74, 6) is -0.992. The van der Waals surface area contributed by atoms with Crippen molar-refractivity contribution in [2.45, 2.75) is 348 Å². The Labute approximate surface area is 478 Å². The third-order valence-electron chi connectivity index (χ3n) is 14.7. The van der Waals surface area contributed by atoms with Crippen molar-refractivity contribution in [3.63, 3.8) is 0 Å². The topological polar surface area (TPSA) is 78.9 Å². The second-order valence-corrected chi connectivity index (χ2v) is 22.4. The number of unbranched alkanes of at least 4 members (excludes halogenated alkanes) is 38. The summed E-state index contributed by atoms with van der Waals surface area (Å²) in [6, 6.07) is 0. The van der Waals surface area contributed by atoms with Crippen molar-refractivity contribution in [1.82, 2.24) is 0 Å². The van der Waals surface area contributed by atoms with Gasteiger partial charge in [0.1, 0.15) is 13.2 Å². The summed E-state index contributed by atoms with van der Waals surface area (Å²) in [7, 11) is 0. The normalized spacial score (nSPS) is 12.5. The molecule has 0 N–H and O–H groups in total. The van der Waals surface area contributed by atoms with Crippen LogP contribution in [0.1, 0.15) is 342 Å². The zero-order valence-electron chi connectivity index (χ0n) is 51.2. The largest absolute Gasteiger partial charge is 0.462 e. The molecule has 0 radical (unpaired) electrons. The molecule has 6 heteroatoms. The van der Waals surface area contributed by atoms with Crippen LogP contribution in [0, 0.1) is 0 Å². The quantitative estimate of drug-likeness (QED) is 0.0261. The number of hydrogen-bond donors (Lipinski definition) is 0. The lowest BCUT2D eigenvalue weighted by Gasteiger charge is -2.18. The zero-order chi connectivity index (χ0) is 55.7. The fourth-order valence-corrected chi connectivity index (χ4v) is 9.73. The molecule has 0 heterocycles. The molecule has 1 atom stereocenters. The Morgan fingerprint density at radius 3 is 0.896 bits per heavy atom. The van der Waals surface area contributed by atoms with Gasteiger partial charge in [-0.1, -0.05) is 325 Å². The summed E-state index contributed by atoms with van der Waals surface area (Å²) in [4.78, 5) is 38.1. The van der Waals surface area contributed by atoms with Gasteiger partial charge in [0.05, 0.1) is 0 Å². The molecule has 0 rings (SSSR count). The molecule has 0 aromatic rings. The van der Waals surface area contributed by atoms with Crippen LogP contribution in [0.25, 0.3) is 0 Å². The highest BCUT2D eigenvalue weighted by Gasteiger charge is 2.19. The molecule has 0 aliphatic heterocycles. The first kappa shape index (κ1) is 73.8. The van der Waals surface area contributed by atoms with E-state index < -0.39 is 12.1 Å². The molecule has 0 bridgehead atoms. The van der Waals surface area contributed by atoms with Gasteiger partial charge in [-0.2, -0.15) is 0 Å². The van der Waals surface area contributed by atoms with E-state index in [1.807, 2.05) is 6.08 Å². The molecule has 6 nitrogen and oxygen atoms in total. The third-order valence-corrected chi connectivity index (χ3v) is 14.7. The van der Waals surface area contributed by atoms with Crippen molar-refractivity contribution >= 4 is 17.9 Å². The van der Waals surface area contributed by atoms with Crippen LogP contribution in [0.15, 0.2) is 72.9 Å². The Bertz CT molecular complexity index is 1420. The summed E-state index contributed by atoms with van der Waals surface area (Å²) in [5, 5.41) is 0. The summed E-state index contributed by atoms with van der Waals surface area (Å²) >= 11 is 0. The van der Waals surface area contributed by atoms with Crippen molar-refractivity contribution in [3.8, 4) is 0 Å². The predicted octanol–water partition coefficient (Wildman–Crippen LogP) is 22.9. The molecular weight excluding hydrogens is 949 g/mol. The summed E-state index contributed by atoms with van der Waals surface area (Å²) in [5.41, 5.74) is 0. The molecule has 0 saturated heterocycles. The van der Waals surface area contributed by atoms with Gasteiger partial charge in [-0.15, -0.1) is 0 Å². The summed E-state index contributed by atoms with van der Waals surface area (Å²) < 4.78 is 16.8. The Balaban J connectivity index is 4.09. The molecule has 0 aromatic carbocycles. The van der Waals surface area contributed by atoms with Gasteiger partial charge in [-0.3, -0.25) is 14.4 Å². The maximum absolute atomic E-state index is 12.8. The van der Waals surface area contributed by atoms with E-state index in [1.54, 1.807) is 0 Å². The fraction of sp³-hybridized carbons (Fsp3) is 0.789. The van der Waals surface area contributed by atoms with Crippen LogP contribution in [-0.2, 0) is 28.6 Å². The van der Waals surface area contributed by atoms with Crippen LogP contribution in [0.4, 0.5) is 0 Å². The smallest absolute Gasteiger partial charge is 0.306 e. The second-order valence-electron chi connectivity index (χ2n) is 22.4. The molecule has 0 saturated carbocycles. The first-order valence-corrected chi connectivity index (χ1v) is 33.4. The van der Waals surface area contributed by atoms with Crippen molar-refractivity contribution in [3.05, 3.63) is 72.9 Å². The van der Waals surface area contributed by atoms with Gasteiger partial charge in [-0.25, -0.2) is 0 Å².